The van der Waals surface area contributed by atoms with Gasteiger partial charge < -0.3 is 10.2 Å². The molecule has 0 bridgehead atoms. The lowest BCUT2D eigenvalue weighted by Gasteiger charge is -2.10. The van der Waals surface area contributed by atoms with Crippen molar-refractivity contribution in [1.29, 1.82) is 0 Å². The van der Waals surface area contributed by atoms with Crippen LogP contribution < -0.4 is 5.48 Å². The number of hydroxylamine groups is 1. The Morgan fingerprint density at radius 2 is 2.18 bits per heavy atom. The zero-order valence-corrected chi connectivity index (χ0v) is 9.72. The summed E-state index contributed by atoms with van der Waals surface area (Å²) in [4.78, 5) is 16.5. The number of carbonyl (C=O) groups excluding carboxylic acids is 1. The Balaban J connectivity index is 2.52. The molecule has 0 radical (unpaired) electrons. The van der Waals surface area contributed by atoms with Crippen molar-refractivity contribution in [2.75, 3.05) is 13.2 Å². The fourth-order valence-electron chi connectivity index (χ4n) is 1.36. The molecule has 0 fully saturated rings. The molecule has 1 aromatic rings. The second kappa shape index (κ2) is 7.01. The van der Waals surface area contributed by atoms with Gasteiger partial charge in [0.2, 0.25) is 0 Å². The van der Waals surface area contributed by atoms with Gasteiger partial charge >= 0.3 is 0 Å². The van der Waals surface area contributed by atoms with Gasteiger partial charge in [-0.15, -0.1) is 0 Å². The maximum Gasteiger partial charge on any atom is 0.275 e. The highest BCUT2D eigenvalue weighted by molar-refractivity contribution is 5.94. The van der Waals surface area contributed by atoms with Gasteiger partial charge in [-0.1, -0.05) is 25.1 Å². The standard InChI is InChI=1S/C12H17NO4/c1-2-9-5-3-4-6-11(9)12(16)13-17-8-10(15)7-14/h3-6,10,14-15H,2,7-8H2,1H3,(H,13,16). The molecule has 3 N–H and O–H groups in total. The van der Waals surface area contributed by atoms with E-state index >= 15 is 0 Å². The van der Waals surface area contributed by atoms with Crippen LogP contribution in [0.5, 0.6) is 0 Å². The van der Waals surface area contributed by atoms with Gasteiger partial charge in [-0.05, 0) is 18.1 Å². The first-order valence-electron chi connectivity index (χ1n) is 5.48. The molecule has 94 valence electrons. The normalized spacial score (nSPS) is 12.2. The van der Waals surface area contributed by atoms with Crippen LogP contribution in [0, 0.1) is 0 Å². The quantitative estimate of drug-likeness (QED) is 0.622. The Labute approximate surface area is 100.0 Å². The maximum absolute atomic E-state index is 11.7. The first-order valence-corrected chi connectivity index (χ1v) is 5.48. The summed E-state index contributed by atoms with van der Waals surface area (Å²) in [6.45, 7) is 1.42. The second-order valence-corrected chi connectivity index (χ2v) is 3.59. The summed E-state index contributed by atoms with van der Waals surface area (Å²) in [6, 6.07) is 7.22. The zero-order chi connectivity index (χ0) is 12.7. The summed E-state index contributed by atoms with van der Waals surface area (Å²) in [7, 11) is 0. The molecule has 0 aromatic heterocycles. The molecule has 1 amide bonds. The number of hydrogen-bond acceptors (Lipinski definition) is 4. The predicted molar refractivity (Wildman–Crippen MR) is 62.3 cm³/mol. The summed E-state index contributed by atoms with van der Waals surface area (Å²) >= 11 is 0. The van der Waals surface area contributed by atoms with E-state index in [1.54, 1.807) is 12.1 Å². The number of nitrogens with one attached hydrogen (secondary N) is 1. The molecule has 1 atom stereocenters. The SMILES string of the molecule is CCc1ccccc1C(=O)NOCC(O)CO. The topological polar surface area (TPSA) is 78.8 Å². The van der Waals surface area contributed by atoms with Crippen molar-refractivity contribution in [2.24, 2.45) is 0 Å². The third-order valence-corrected chi connectivity index (χ3v) is 2.29. The van der Waals surface area contributed by atoms with E-state index in [0.717, 1.165) is 12.0 Å². The summed E-state index contributed by atoms with van der Waals surface area (Å²) in [5, 5.41) is 17.6. The lowest BCUT2D eigenvalue weighted by Crippen LogP contribution is -2.30. The first kappa shape index (κ1) is 13.6. The van der Waals surface area contributed by atoms with E-state index in [9.17, 15) is 4.79 Å². The molecule has 5 nitrogen and oxygen atoms in total. The Morgan fingerprint density at radius 3 is 2.82 bits per heavy atom. The third kappa shape index (κ3) is 4.14. The van der Waals surface area contributed by atoms with E-state index in [4.69, 9.17) is 15.1 Å². The number of aryl methyl sites for hydroxylation is 1. The number of aliphatic hydroxyl groups is 2. The van der Waals surface area contributed by atoms with Gasteiger partial charge in [0.05, 0.1) is 6.61 Å². The van der Waals surface area contributed by atoms with Crippen LogP contribution >= 0.6 is 0 Å². The highest BCUT2D eigenvalue weighted by atomic mass is 16.7. The average Bonchev–Trinajstić information content (AvgIpc) is 2.38. The Morgan fingerprint density at radius 1 is 1.47 bits per heavy atom. The van der Waals surface area contributed by atoms with Crippen LogP contribution in [0.2, 0.25) is 0 Å². The highest BCUT2D eigenvalue weighted by Gasteiger charge is 2.10. The molecule has 5 heteroatoms. The summed E-state index contributed by atoms with van der Waals surface area (Å²) in [5.41, 5.74) is 3.71. The zero-order valence-electron chi connectivity index (χ0n) is 9.72. The Hall–Kier alpha value is -1.43. The fourth-order valence-corrected chi connectivity index (χ4v) is 1.36. The van der Waals surface area contributed by atoms with Gasteiger partial charge in [0.1, 0.15) is 12.7 Å². The van der Waals surface area contributed by atoms with Crippen molar-refractivity contribution in [1.82, 2.24) is 5.48 Å². The lowest BCUT2D eigenvalue weighted by molar-refractivity contribution is -0.0295. The molecule has 0 saturated carbocycles. The van der Waals surface area contributed by atoms with Gasteiger partial charge in [-0.3, -0.25) is 9.63 Å². The average molecular weight is 239 g/mol. The molecule has 0 spiro atoms. The largest absolute Gasteiger partial charge is 0.394 e. The minimum Gasteiger partial charge on any atom is -0.394 e. The number of hydrogen-bond donors (Lipinski definition) is 3. The van der Waals surface area contributed by atoms with Crippen molar-refractivity contribution in [3.63, 3.8) is 0 Å². The van der Waals surface area contributed by atoms with E-state index < -0.39 is 12.7 Å². The minimum atomic E-state index is -0.989. The van der Waals surface area contributed by atoms with Crippen LogP contribution in [0.4, 0.5) is 0 Å². The van der Waals surface area contributed by atoms with Crippen molar-refractivity contribution in [3.05, 3.63) is 35.4 Å². The Bertz CT molecular complexity index is 367. The van der Waals surface area contributed by atoms with Crippen LogP contribution in [0.3, 0.4) is 0 Å². The molecule has 1 unspecified atom stereocenters. The third-order valence-electron chi connectivity index (χ3n) is 2.29. The Kier molecular flexibility index (Phi) is 5.62. The molecule has 0 aliphatic carbocycles. The summed E-state index contributed by atoms with van der Waals surface area (Å²) in [6.07, 6.45) is -0.236. The summed E-state index contributed by atoms with van der Waals surface area (Å²) in [5.74, 6) is -0.354. The molecule has 0 aliphatic heterocycles. The molecule has 0 saturated heterocycles. The number of aliphatic hydroxyl groups excluding tert-OH is 2. The smallest absolute Gasteiger partial charge is 0.275 e. The lowest BCUT2D eigenvalue weighted by atomic mass is 10.1. The van der Waals surface area contributed by atoms with Crippen LogP contribution in [-0.4, -0.2) is 35.4 Å². The molecule has 1 aromatic carbocycles. The van der Waals surface area contributed by atoms with Gasteiger partial charge in [-0.2, -0.15) is 0 Å². The van der Waals surface area contributed by atoms with Crippen molar-refractivity contribution >= 4 is 5.91 Å². The van der Waals surface area contributed by atoms with E-state index in [0.29, 0.717) is 5.56 Å². The molecule has 0 heterocycles. The number of rotatable bonds is 6. The van der Waals surface area contributed by atoms with Gasteiger partial charge in [0.25, 0.3) is 5.91 Å². The highest BCUT2D eigenvalue weighted by Crippen LogP contribution is 2.08. The van der Waals surface area contributed by atoms with Gasteiger partial charge in [0, 0.05) is 5.56 Å². The van der Waals surface area contributed by atoms with Crippen LogP contribution in [0.25, 0.3) is 0 Å². The summed E-state index contributed by atoms with van der Waals surface area (Å²) < 4.78 is 0. The van der Waals surface area contributed by atoms with Crippen LogP contribution in [-0.2, 0) is 11.3 Å². The van der Waals surface area contributed by atoms with Gasteiger partial charge in [0.15, 0.2) is 0 Å². The fraction of sp³-hybridized carbons (Fsp3) is 0.417. The van der Waals surface area contributed by atoms with Crippen molar-refractivity contribution < 1.29 is 19.8 Å². The number of amides is 1. The van der Waals surface area contributed by atoms with Crippen molar-refractivity contribution in [3.8, 4) is 0 Å². The number of carbonyl (C=O) groups is 1. The van der Waals surface area contributed by atoms with E-state index in [2.05, 4.69) is 5.48 Å². The van der Waals surface area contributed by atoms with Crippen LogP contribution in [0.15, 0.2) is 24.3 Å². The minimum absolute atomic E-state index is 0.142. The van der Waals surface area contributed by atoms with E-state index in [-0.39, 0.29) is 12.5 Å². The molecule has 17 heavy (non-hydrogen) atoms. The molecule has 1 rings (SSSR count). The second-order valence-electron chi connectivity index (χ2n) is 3.59. The van der Waals surface area contributed by atoms with Gasteiger partial charge in [-0.25, -0.2) is 5.48 Å². The van der Waals surface area contributed by atoms with Crippen molar-refractivity contribution in [2.45, 2.75) is 19.4 Å². The van der Waals surface area contributed by atoms with E-state index in [1.165, 1.54) is 0 Å². The first-order chi connectivity index (χ1) is 8.19. The maximum atomic E-state index is 11.7. The van der Waals surface area contributed by atoms with Crippen LogP contribution in [0.1, 0.15) is 22.8 Å². The van der Waals surface area contributed by atoms with E-state index in [1.807, 2.05) is 19.1 Å². The molecule has 0 aliphatic rings. The monoisotopic (exact) mass is 239 g/mol. The predicted octanol–water partition coefficient (Wildman–Crippen LogP) is 0.264. The number of benzene rings is 1. The molecular weight excluding hydrogens is 222 g/mol. The molecular formula is C12H17NO4.